The van der Waals surface area contributed by atoms with Gasteiger partial charge in [-0.1, -0.05) is 0 Å². The maximum atomic E-state index is 13.0. The van der Waals surface area contributed by atoms with E-state index in [1.807, 2.05) is 0 Å². The first-order chi connectivity index (χ1) is 6.20. The molecule has 3 nitrogen and oxygen atoms in total. The second-order valence-corrected chi connectivity index (χ2v) is 3.24. The van der Waals surface area contributed by atoms with E-state index in [9.17, 15) is 4.39 Å². The predicted molar refractivity (Wildman–Crippen MR) is 48.5 cm³/mol. The van der Waals surface area contributed by atoms with Crippen LogP contribution >= 0.6 is 15.9 Å². The minimum Gasteiger partial charge on any atom is -0.332 e. The molecule has 0 radical (unpaired) electrons. The van der Waals surface area contributed by atoms with Gasteiger partial charge >= 0.3 is 0 Å². The first-order valence-corrected chi connectivity index (χ1v) is 4.25. The quantitative estimate of drug-likeness (QED) is 0.768. The Balaban J connectivity index is 2.82. The molecule has 2 aromatic rings. The lowest BCUT2D eigenvalue weighted by Gasteiger charge is -1.91. The molecule has 0 bridgehead atoms. The van der Waals surface area contributed by atoms with Crippen LogP contribution in [0.15, 0.2) is 16.9 Å². The highest BCUT2D eigenvalue weighted by Gasteiger charge is 2.06. The van der Waals surface area contributed by atoms with Crippen LogP contribution in [0.4, 0.5) is 4.39 Å². The molecule has 0 aliphatic carbocycles. The molecule has 1 N–H and O–H groups in total. The van der Waals surface area contributed by atoms with E-state index in [-0.39, 0.29) is 5.56 Å². The maximum Gasteiger partial charge on any atom is 0.175 e. The molecule has 0 saturated carbocycles. The third kappa shape index (κ3) is 1.29. The molecule has 0 aliphatic rings. The van der Waals surface area contributed by atoms with Crippen molar-refractivity contribution in [1.29, 1.82) is 5.26 Å². The second-order valence-electron chi connectivity index (χ2n) is 2.49. The summed E-state index contributed by atoms with van der Waals surface area (Å²) < 4.78 is 13.6. The number of aromatic amines is 1. The van der Waals surface area contributed by atoms with Gasteiger partial charge in [0, 0.05) is 6.07 Å². The van der Waals surface area contributed by atoms with Crippen LogP contribution in [0.5, 0.6) is 0 Å². The molecule has 0 saturated heterocycles. The summed E-state index contributed by atoms with van der Waals surface area (Å²) in [6.45, 7) is 0. The van der Waals surface area contributed by atoms with Gasteiger partial charge in [0.2, 0.25) is 0 Å². The van der Waals surface area contributed by atoms with E-state index in [0.29, 0.717) is 15.8 Å². The van der Waals surface area contributed by atoms with Crippen molar-refractivity contribution in [3.63, 3.8) is 0 Å². The van der Waals surface area contributed by atoms with Crippen LogP contribution in [0.2, 0.25) is 0 Å². The second kappa shape index (κ2) is 2.82. The van der Waals surface area contributed by atoms with Crippen molar-refractivity contribution in [1.82, 2.24) is 9.97 Å². The van der Waals surface area contributed by atoms with Gasteiger partial charge in [-0.2, -0.15) is 5.26 Å². The summed E-state index contributed by atoms with van der Waals surface area (Å²) in [5.74, 6) is -0.536. The molecule has 1 aromatic heterocycles. The number of nitriles is 1. The Kier molecular flexibility index (Phi) is 1.78. The van der Waals surface area contributed by atoms with E-state index < -0.39 is 5.82 Å². The summed E-state index contributed by atoms with van der Waals surface area (Å²) in [4.78, 5) is 6.81. The number of nitrogens with one attached hydrogen (secondary N) is 1. The molecule has 0 fully saturated rings. The zero-order valence-electron chi connectivity index (χ0n) is 6.31. The van der Waals surface area contributed by atoms with Crippen molar-refractivity contribution in [2.24, 2.45) is 0 Å². The highest BCUT2D eigenvalue weighted by molar-refractivity contribution is 9.10. The summed E-state index contributed by atoms with van der Waals surface area (Å²) in [5.41, 5.74) is 1.15. The van der Waals surface area contributed by atoms with Crippen LogP contribution in [-0.2, 0) is 0 Å². The summed E-state index contributed by atoms with van der Waals surface area (Å²) in [6, 6.07) is 4.42. The van der Waals surface area contributed by atoms with E-state index in [1.54, 1.807) is 6.07 Å². The van der Waals surface area contributed by atoms with Gasteiger partial charge in [0.05, 0.1) is 16.6 Å². The SMILES string of the molecule is N#Cc1cc2nc(Br)[nH]c2cc1F. The number of rotatable bonds is 0. The third-order valence-corrected chi connectivity index (χ3v) is 2.04. The number of imidazole rings is 1. The van der Waals surface area contributed by atoms with Crippen molar-refractivity contribution in [2.45, 2.75) is 0 Å². The Bertz CT molecular complexity index is 512. The van der Waals surface area contributed by atoms with Gasteiger partial charge in [-0.3, -0.25) is 0 Å². The van der Waals surface area contributed by atoms with Crippen LogP contribution in [0.3, 0.4) is 0 Å². The molecule has 1 heterocycles. The average molecular weight is 240 g/mol. The number of H-pyrrole nitrogens is 1. The van der Waals surface area contributed by atoms with Crippen molar-refractivity contribution >= 4 is 27.0 Å². The largest absolute Gasteiger partial charge is 0.332 e. The van der Waals surface area contributed by atoms with E-state index in [2.05, 4.69) is 25.9 Å². The number of hydrogen-bond donors (Lipinski definition) is 1. The van der Waals surface area contributed by atoms with Gasteiger partial charge in [-0.05, 0) is 22.0 Å². The fourth-order valence-electron chi connectivity index (χ4n) is 1.08. The van der Waals surface area contributed by atoms with Crippen LogP contribution in [0.25, 0.3) is 11.0 Å². The molecule has 2 rings (SSSR count). The standard InChI is InChI=1S/C8H3BrFN3/c9-8-12-6-1-4(3-11)5(10)2-7(6)13-8/h1-2H,(H,12,13). The van der Waals surface area contributed by atoms with Gasteiger partial charge in [0.15, 0.2) is 4.73 Å². The van der Waals surface area contributed by atoms with E-state index in [0.717, 1.165) is 0 Å². The summed E-state index contributed by atoms with van der Waals surface area (Å²) >= 11 is 3.12. The Labute approximate surface area is 81.3 Å². The zero-order valence-corrected chi connectivity index (χ0v) is 7.89. The normalized spacial score (nSPS) is 10.2. The number of benzene rings is 1. The monoisotopic (exact) mass is 239 g/mol. The molecular formula is C8H3BrFN3. The number of aromatic nitrogens is 2. The molecule has 0 spiro atoms. The minimum absolute atomic E-state index is 0.00602. The molecule has 13 heavy (non-hydrogen) atoms. The number of halogens is 2. The van der Waals surface area contributed by atoms with Crippen molar-refractivity contribution in [3.05, 3.63) is 28.2 Å². The highest BCUT2D eigenvalue weighted by atomic mass is 79.9. The summed E-state index contributed by atoms with van der Waals surface area (Å²) in [7, 11) is 0. The minimum atomic E-state index is -0.536. The highest BCUT2D eigenvalue weighted by Crippen LogP contribution is 2.18. The van der Waals surface area contributed by atoms with Crippen molar-refractivity contribution in [2.75, 3.05) is 0 Å². The first kappa shape index (κ1) is 8.20. The molecule has 0 amide bonds. The molecule has 0 aliphatic heterocycles. The molecular weight excluding hydrogens is 237 g/mol. The van der Waals surface area contributed by atoms with E-state index in [4.69, 9.17) is 5.26 Å². The van der Waals surface area contributed by atoms with Gasteiger partial charge in [0.1, 0.15) is 11.9 Å². The summed E-state index contributed by atoms with van der Waals surface area (Å²) in [6.07, 6.45) is 0. The third-order valence-electron chi connectivity index (χ3n) is 1.66. The van der Waals surface area contributed by atoms with Gasteiger partial charge < -0.3 is 4.98 Å². The lowest BCUT2D eigenvalue weighted by Crippen LogP contribution is -1.82. The summed E-state index contributed by atoms with van der Waals surface area (Å²) in [5, 5.41) is 8.54. The van der Waals surface area contributed by atoms with Gasteiger partial charge in [-0.25, -0.2) is 9.37 Å². The maximum absolute atomic E-state index is 13.0. The Morgan fingerprint density at radius 3 is 3.00 bits per heavy atom. The zero-order chi connectivity index (χ0) is 9.42. The first-order valence-electron chi connectivity index (χ1n) is 3.45. The molecule has 64 valence electrons. The Morgan fingerprint density at radius 1 is 1.54 bits per heavy atom. The number of fused-ring (bicyclic) bond motifs is 1. The van der Waals surface area contributed by atoms with Crippen LogP contribution in [-0.4, -0.2) is 9.97 Å². The van der Waals surface area contributed by atoms with Gasteiger partial charge in [-0.15, -0.1) is 0 Å². The lowest BCUT2D eigenvalue weighted by atomic mass is 10.2. The lowest BCUT2D eigenvalue weighted by molar-refractivity contribution is 0.625. The van der Waals surface area contributed by atoms with Crippen molar-refractivity contribution in [3.8, 4) is 6.07 Å². The topological polar surface area (TPSA) is 52.5 Å². The van der Waals surface area contributed by atoms with Crippen LogP contribution in [0.1, 0.15) is 5.56 Å². The van der Waals surface area contributed by atoms with Gasteiger partial charge in [0.25, 0.3) is 0 Å². The fraction of sp³-hybridized carbons (Fsp3) is 0. The van der Waals surface area contributed by atoms with Crippen molar-refractivity contribution < 1.29 is 4.39 Å². The molecule has 0 unspecified atom stereocenters. The molecule has 1 aromatic carbocycles. The van der Waals surface area contributed by atoms with Crippen LogP contribution in [0, 0.1) is 17.1 Å². The smallest absolute Gasteiger partial charge is 0.175 e. The average Bonchev–Trinajstić information content (AvgIpc) is 2.42. The Morgan fingerprint density at radius 2 is 2.31 bits per heavy atom. The fourth-order valence-corrected chi connectivity index (χ4v) is 1.49. The molecule has 5 heteroatoms. The van der Waals surface area contributed by atoms with Crippen LogP contribution < -0.4 is 0 Å². The Hall–Kier alpha value is -1.41. The van der Waals surface area contributed by atoms with E-state index in [1.165, 1.54) is 12.1 Å². The molecule has 0 atom stereocenters. The van der Waals surface area contributed by atoms with E-state index >= 15 is 0 Å². The number of nitrogens with zero attached hydrogens (tertiary/aromatic N) is 2. The number of hydrogen-bond acceptors (Lipinski definition) is 2. The predicted octanol–water partition coefficient (Wildman–Crippen LogP) is 2.34.